The minimum absolute atomic E-state index is 0.0541. The molecular weight excluding hydrogens is 342 g/mol. The summed E-state index contributed by atoms with van der Waals surface area (Å²) in [6, 6.07) is 9.19. The zero-order valence-electron chi connectivity index (χ0n) is 16.9. The van der Waals surface area contributed by atoms with Crippen molar-refractivity contribution in [1.29, 1.82) is 0 Å². The number of ether oxygens (including phenoxy) is 1. The molecule has 2 N–H and O–H groups in total. The van der Waals surface area contributed by atoms with Gasteiger partial charge in [-0.1, -0.05) is 30.3 Å². The number of benzene rings is 1. The van der Waals surface area contributed by atoms with Crippen LogP contribution in [0.2, 0.25) is 0 Å². The molecule has 2 saturated heterocycles. The molecule has 2 fully saturated rings. The summed E-state index contributed by atoms with van der Waals surface area (Å²) in [6.07, 6.45) is 1.03. The lowest BCUT2D eigenvalue weighted by atomic mass is 9.79. The molecule has 6 nitrogen and oxygen atoms in total. The van der Waals surface area contributed by atoms with E-state index < -0.39 is 12.1 Å². The zero-order chi connectivity index (χ0) is 19.8. The van der Waals surface area contributed by atoms with Crippen LogP contribution in [0.4, 0.5) is 0 Å². The van der Waals surface area contributed by atoms with Gasteiger partial charge in [0.25, 0.3) is 5.91 Å². The van der Waals surface area contributed by atoms with Crippen molar-refractivity contribution in [2.24, 2.45) is 0 Å². The van der Waals surface area contributed by atoms with E-state index >= 15 is 0 Å². The number of nitrogens with zero attached hydrogens (tertiary/aromatic N) is 1. The van der Waals surface area contributed by atoms with Gasteiger partial charge in [-0.05, 0) is 46.1 Å². The minimum Gasteiger partial charge on any atom is -0.356 e. The Morgan fingerprint density at radius 2 is 1.70 bits per heavy atom. The van der Waals surface area contributed by atoms with Crippen LogP contribution in [-0.4, -0.2) is 53.6 Å². The van der Waals surface area contributed by atoms with E-state index in [-0.39, 0.29) is 35.5 Å². The lowest BCUT2D eigenvalue weighted by Gasteiger charge is -2.49. The van der Waals surface area contributed by atoms with Crippen molar-refractivity contribution in [3.05, 3.63) is 35.9 Å². The summed E-state index contributed by atoms with van der Waals surface area (Å²) in [5, 5.41) is 6.58. The number of hydrogen-bond donors (Lipinski definition) is 2. The fraction of sp³-hybridized carbons (Fsp3) is 0.619. The lowest BCUT2D eigenvalue weighted by Crippen LogP contribution is -2.63. The number of piperidine rings is 1. The van der Waals surface area contributed by atoms with E-state index in [0.29, 0.717) is 0 Å². The normalized spacial score (nSPS) is 27.7. The summed E-state index contributed by atoms with van der Waals surface area (Å²) < 4.78 is 5.72. The Labute approximate surface area is 161 Å². The molecule has 1 aromatic carbocycles. The Hall–Kier alpha value is -1.92. The second kappa shape index (κ2) is 7.24. The van der Waals surface area contributed by atoms with Crippen molar-refractivity contribution in [2.75, 3.05) is 13.7 Å². The average molecular weight is 373 g/mol. The van der Waals surface area contributed by atoms with Gasteiger partial charge in [-0.25, -0.2) is 0 Å². The molecule has 6 heteroatoms. The van der Waals surface area contributed by atoms with Gasteiger partial charge in [-0.2, -0.15) is 0 Å². The highest BCUT2D eigenvalue weighted by Gasteiger charge is 2.43. The number of carbonyl (C=O) groups excluding carboxylic acids is 2. The molecule has 1 aromatic rings. The van der Waals surface area contributed by atoms with E-state index in [4.69, 9.17) is 4.74 Å². The Balaban J connectivity index is 1.81. The number of morpholine rings is 1. The second-order valence-corrected chi connectivity index (χ2v) is 9.09. The third-order valence-electron chi connectivity index (χ3n) is 5.48. The lowest BCUT2D eigenvalue weighted by molar-refractivity contribution is -0.157. The van der Waals surface area contributed by atoms with Crippen LogP contribution in [0.1, 0.15) is 52.1 Å². The zero-order valence-corrected chi connectivity index (χ0v) is 16.9. The van der Waals surface area contributed by atoms with Crippen LogP contribution in [0.25, 0.3) is 0 Å². The second-order valence-electron chi connectivity index (χ2n) is 9.09. The third kappa shape index (κ3) is 4.50. The maximum Gasteiger partial charge on any atom is 0.254 e. The van der Waals surface area contributed by atoms with Crippen molar-refractivity contribution < 1.29 is 14.3 Å². The predicted molar refractivity (Wildman–Crippen MR) is 104 cm³/mol. The molecule has 0 unspecified atom stereocenters. The minimum atomic E-state index is -0.712. The number of hydrogen-bond acceptors (Lipinski definition) is 4. The summed E-state index contributed by atoms with van der Waals surface area (Å²) in [5.41, 5.74) is 0.770. The number of carbonyl (C=O) groups is 2. The molecule has 0 bridgehead atoms. The van der Waals surface area contributed by atoms with Crippen molar-refractivity contribution in [2.45, 2.75) is 69.8 Å². The van der Waals surface area contributed by atoms with Crippen LogP contribution in [-0.2, 0) is 14.3 Å². The topological polar surface area (TPSA) is 70.7 Å². The van der Waals surface area contributed by atoms with Gasteiger partial charge in [0.05, 0.1) is 6.04 Å². The van der Waals surface area contributed by atoms with Gasteiger partial charge in [0.2, 0.25) is 5.91 Å². The van der Waals surface area contributed by atoms with Crippen LogP contribution < -0.4 is 10.6 Å². The van der Waals surface area contributed by atoms with Gasteiger partial charge < -0.3 is 20.3 Å². The number of likely N-dealkylation sites (N-methyl/N-ethyl adjacent to an activating group) is 1. The van der Waals surface area contributed by atoms with Gasteiger partial charge in [-0.3, -0.25) is 9.59 Å². The molecule has 2 atom stereocenters. The van der Waals surface area contributed by atoms with Gasteiger partial charge in [0, 0.05) is 24.2 Å². The highest BCUT2D eigenvalue weighted by Crippen LogP contribution is 2.32. The first-order valence-electron chi connectivity index (χ1n) is 9.60. The molecule has 27 heavy (non-hydrogen) atoms. The highest BCUT2D eigenvalue weighted by molar-refractivity contribution is 5.86. The molecule has 0 spiro atoms. The molecule has 2 aliphatic rings. The Bertz CT molecular complexity index is 686. The van der Waals surface area contributed by atoms with Crippen LogP contribution in [0.15, 0.2) is 30.3 Å². The summed E-state index contributed by atoms with van der Waals surface area (Å²) >= 11 is 0. The molecule has 0 saturated carbocycles. The SMILES string of the molecule is CN(C(=O)[C@H]1OCC(=O)N[C@@H]1c1ccccc1)C1CC(C)(C)NC(C)(C)C1. The monoisotopic (exact) mass is 373 g/mol. The van der Waals surface area contributed by atoms with E-state index in [1.807, 2.05) is 42.3 Å². The summed E-state index contributed by atoms with van der Waals surface area (Å²) in [5.74, 6) is -0.276. The fourth-order valence-corrected chi connectivity index (χ4v) is 4.61. The van der Waals surface area contributed by atoms with Crippen molar-refractivity contribution in [3.8, 4) is 0 Å². The molecular formula is C21H31N3O3. The van der Waals surface area contributed by atoms with Crippen LogP contribution in [0.3, 0.4) is 0 Å². The number of nitrogens with one attached hydrogen (secondary N) is 2. The maximum atomic E-state index is 13.3. The van der Waals surface area contributed by atoms with Crippen LogP contribution in [0.5, 0.6) is 0 Å². The third-order valence-corrected chi connectivity index (χ3v) is 5.48. The molecule has 0 radical (unpaired) electrons. The van der Waals surface area contributed by atoms with Crippen LogP contribution in [0, 0.1) is 0 Å². The molecule has 2 heterocycles. The fourth-order valence-electron chi connectivity index (χ4n) is 4.61. The van der Waals surface area contributed by atoms with Crippen molar-refractivity contribution in [1.82, 2.24) is 15.5 Å². The van der Waals surface area contributed by atoms with Crippen molar-refractivity contribution >= 4 is 11.8 Å². The van der Waals surface area contributed by atoms with Gasteiger partial charge >= 0.3 is 0 Å². The summed E-state index contributed by atoms with van der Waals surface area (Å²) in [6.45, 7) is 8.59. The molecule has 148 valence electrons. The largest absolute Gasteiger partial charge is 0.356 e. The van der Waals surface area contributed by atoms with Crippen molar-refractivity contribution in [3.63, 3.8) is 0 Å². The molecule has 3 rings (SSSR count). The van der Waals surface area contributed by atoms with Gasteiger partial charge in [-0.15, -0.1) is 0 Å². The van der Waals surface area contributed by atoms with E-state index in [1.165, 1.54) is 0 Å². The first-order valence-corrected chi connectivity index (χ1v) is 9.60. The van der Waals surface area contributed by atoms with E-state index in [1.54, 1.807) is 0 Å². The van der Waals surface area contributed by atoms with E-state index in [9.17, 15) is 9.59 Å². The van der Waals surface area contributed by atoms with E-state index in [2.05, 4.69) is 38.3 Å². The first-order chi connectivity index (χ1) is 12.6. The molecule has 2 amide bonds. The van der Waals surface area contributed by atoms with Crippen LogP contribution >= 0.6 is 0 Å². The highest BCUT2D eigenvalue weighted by atomic mass is 16.5. The molecule has 0 aromatic heterocycles. The summed E-state index contributed by atoms with van der Waals surface area (Å²) in [7, 11) is 1.85. The average Bonchev–Trinajstić information content (AvgIpc) is 2.58. The Kier molecular flexibility index (Phi) is 5.32. The first kappa shape index (κ1) is 19.8. The molecule has 0 aliphatic carbocycles. The smallest absolute Gasteiger partial charge is 0.254 e. The Morgan fingerprint density at radius 3 is 2.30 bits per heavy atom. The Morgan fingerprint density at radius 1 is 1.11 bits per heavy atom. The number of amides is 2. The van der Waals surface area contributed by atoms with Gasteiger partial charge in [0.1, 0.15) is 6.61 Å². The predicted octanol–water partition coefficient (Wildman–Crippen LogP) is 2.01. The summed E-state index contributed by atoms with van der Waals surface area (Å²) in [4.78, 5) is 27.0. The van der Waals surface area contributed by atoms with E-state index in [0.717, 1.165) is 18.4 Å². The quantitative estimate of drug-likeness (QED) is 0.850. The number of rotatable bonds is 3. The standard InChI is InChI=1S/C21H31N3O3/c1-20(2)11-15(12-21(3,4)23-20)24(5)19(26)18-17(22-16(25)13-27-18)14-9-7-6-8-10-14/h6-10,15,17-18,23H,11-13H2,1-5H3,(H,22,25)/t17-,18+/m1/s1. The van der Waals surface area contributed by atoms with Gasteiger partial charge in [0.15, 0.2) is 6.10 Å². The maximum absolute atomic E-state index is 13.3. The molecule has 2 aliphatic heterocycles.